The first kappa shape index (κ1) is 16.2. The Balaban J connectivity index is 2.12. The van der Waals surface area contributed by atoms with Crippen molar-refractivity contribution in [1.29, 1.82) is 0 Å². The topological polar surface area (TPSA) is 20.5 Å². The lowest BCUT2D eigenvalue weighted by Crippen LogP contribution is -2.03. The Kier molecular flexibility index (Phi) is 4.28. The van der Waals surface area contributed by atoms with E-state index in [2.05, 4.69) is 82.5 Å². The Bertz CT molecular complexity index is 1040. The molecule has 0 saturated heterocycles. The van der Waals surface area contributed by atoms with Crippen LogP contribution in [0.1, 0.15) is 5.56 Å². The van der Waals surface area contributed by atoms with Crippen molar-refractivity contribution in [3.8, 4) is 16.9 Å². The van der Waals surface area contributed by atoms with Gasteiger partial charge in [0.1, 0.15) is 0 Å². The van der Waals surface area contributed by atoms with Gasteiger partial charge in [0, 0.05) is 30.7 Å². The molecule has 3 heteroatoms. The standard InChI is InChI=1S/C23H21N3/c1-25(2)24-17-21-20-15-9-10-16-22(20)26(19-13-7-4-8-14-19)23(21)18-11-5-3-6-12-18/h3-17H,1-2H3/b24-17+. The summed E-state index contributed by atoms with van der Waals surface area (Å²) in [6, 6.07) is 29.5. The molecule has 0 aliphatic rings. The molecule has 3 aromatic carbocycles. The number of hydrazone groups is 1. The van der Waals surface area contributed by atoms with Gasteiger partial charge in [-0.1, -0.05) is 66.7 Å². The molecule has 0 atom stereocenters. The summed E-state index contributed by atoms with van der Waals surface area (Å²) >= 11 is 0. The fourth-order valence-electron chi connectivity index (χ4n) is 3.29. The summed E-state index contributed by atoms with van der Waals surface area (Å²) in [6.07, 6.45) is 1.96. The Hall–Kier alpha value is -3.33. The molecule has 0 fully saturated rings. The fourth-order valence-corrected chi connectivity index (χ4v) is 3.29. The number of nitrogens with zero attached hydrogens (tertiary/aromatic N) is 3. The van der Waals surface area contributed by atoms with Crippen LogP contribution in [-0.4, -0.2) is 29.9 Å². The zero-order valence-electron chi connectivity index (χ0n) is 15.0. The van der Waals surface area contributed by atoms with E-state index in [4.69, 9.17) is 0 Å². The van der Waals surface area contributed by atoms with Gasteiger partial charge in [-0.05, 0) is 23.8 Å². The minimum Gasteiger partial charge on any atom is -0.309 e. The van der Waals surface area contributed by atoms with Crippen molar-refractivity contribution in [1.82, 2.24) is 9.58 Å². The summed E-state index contributed by atoms with van der Waals surface area (Å²) in [6.45, 7) is 0. The van der Waals surface area contributed by atoms with E-state index in [1.807, 2.05) is 37.5 Å². The first-order valence-electron chi connectivity index (χ1n) is 8.71. The Morgan fingerprint density at radius 2 is 1.38 bits per heavy atom. The van der Waals surface area contributed by atoms with Crippen molar-refractivity contribution in [2.45, 2.75) is 0 Å². The first-order chi connectivity index (χ1) is 12.8. The zero-order chi connectivity index (χ0) is 17.9. The molecule has 4 aromatic rings. The molecule has 4 rings (SSSR count). The van der Waals surface area contributed by atoms with E-state index in [0.717, 1.165) is 16.9 Å². The molecule has 0 unspecified atom stereocenters. The van der Waals surface area contributed by atoms with Crippen LogP contribution >= 0.6 is 0 Å². The van der Waals surface area contributed by atoms with Gasteiger partial charge < -0.3 is 9.58 Å². The van der Waals surface area contributed by atoms with E-state index < -0.39 is 0 Å². The molecule has 0 N–H and O–H groups in total. The molecule has 1 heterocycles. The van der Waals surface area contributed by atoms with Gasteiger partial charge in [-0.15, -0.1) is 0 Å². The van der Waals surface area contributed by atoms with Crippen LogP contribution in [0.2, 0.25) is 0 Å². The summed E-state index contributed by atoms with van der Waals surface area (Å²) in [5.74, 6) is 0. The molecule has 26 heavy (non-hydrogen) atoms. The highest BCUT2D eigenvalue weighted by atomic mass is 15.4. The molecule has 0 radical (unpaired) electrons. The number of aromatic nitrogens is 1. The first-order valence-corrected chi connectivity index (χ1v) is 8.71. The van der Waals surface area contributed by atoms with Gasteiger partial charge in [-0.3, -0.25) is 0 Å². The van der Waals surface area contributed by atoms with Crippen molar-refractivity contribution in [2.75, 3.05) is 14.1 Å². The number of rotatable bonds is 4. The smallest absolute Gasteiger partial charge is 0.0629 e. The molecule has 128 valence electrons. The van der Waals surface area contributed by atoms with Crippen molar-refractivity contribution >= 4 is 17.1 Å². The van der Waals surface area contributed by atoms with Crippen LogP contribution < -0.4 is 0 Å². The van der Waals surface area contributed by atoms with Gasteiger partial charge in [-0.25, -0.2) is 0 Å². The highest BCUT2D eigenvalue weighted by molar-refractivity contribution is 6.07. The third-order valence-corrected chi connectivity index (χ3v) is 4.39. The number of hydrogen-bond acceptors (Lipinski definition) is 2. The van der Waals surface area contributed by atoms with Crippen molar-refractivity contribution in [2.24, 2.45) is 5.10 Å². The minimum atomic E-state index is 1.13. The maximum atomic E-state index is 4.53. The van der Waals surface area contributed by atoms with Crippen LogP contribution in [0.3, 0.4) is 0 Å². The molecule has 0 spiro atoms. The third kappa shape index (κ3) is 2.88. The Morgan fingerprint density at radius 3 is 2.08 bits per heavy atom. The quantitative estimate of drug-likeness (QED) is 0.370. The summed E-state index contributed by atoms with van der Waals surface area (Å²) in [4.78, 5) is 0. The minimum absolute atomic E-state index is 1.13. The summed E-state index contributed by atoms with van der Waals surface area (Å²) in [5, 5.41) is 7.55. The molecular formula is C23H21N3. The van der Waals surface area contributed by atoms with Gasteiger partial charge in [0.2, 0.25) is 0 Å². The summed E-state index contributed by atoms with van der Waals surface area (Å²) in [5.41, 5.74) is 5.78. The van der Waals surface area contributed by atoms with Gasteiger partial charge in [-0.2, -0.15) is 5.10 Å². The maximum absolute atomic E-state index is 4.53. The number of benzene rings is 3. The molecule has 0 aliphatic heterocycles. The predicted molar refractivity (Wildman–Crippen MR) is 110 cm³/mol. The highest BCUT2D eigenvalue weighted by Gasteiger charge is 2.18. The second-order valence-electron chi connectivity index (χ2n) is 6.41. The monoisotopic (exact) mass is 339 g/mol. The van der Waals surface area contributed by atoms with Gasteiger partial charge in [0.25, 0.3) is 0 Å². The lowest BCUT2D eigenvalue weighted by atomic mass is 10.1. The normalized spacial score (nSPS) is 11.3. The molecule has 0 amide bonds. The van der Waals surface area contributed by atoms with Crippen LogP contribution in [0.5, 0.6) is 0 Å². The second-order valence-corrected chi connectivity index (χ2v) is 6.41. The number of para-hydroxylation sites is 2. The summed E-state index contributed by atoms with van der Waals surface area (Å²) < 4.78 is 2.32. The fraction of sp³-hybridized carbons (Fsp3) is 0.0870. The summed E-state index contributed by atoms with van der Waals surface area (Å²) in [7, 11) is 3.88. The average molecular weight is 339 g/mol. The Morgan fingerprint density at radius 1 is 0.769 bits per heavy atom. The third-order valence-electron chi connectivity index (χ3n) is 4.39. The second kappa shape index (κ2) is 6.89. The molecular weight excluding hydrogens is 318 g/mol. The highest BCUT2D eigenvalue weighted by Crippen LogP contribution is 2.35. The zero-order valence-corrected chi connectivity index (χ0v) is 15.0. The van der Waals surface area contributed by atoms with Gasteiger partial charge in [0.05, 0.1) is 17.4 Å². The van der Waals surface area contributed by atoms with Gasteiger partial charge >= 0.3 is 0 Å². The van der Waals surface area contributed by atoms with Crippen LogP contribution in [0.25, 0.3) is 27.8 Å². The van der Waals surface area contributed by atoms with E-state index >= 15 is 0 Å². The van der Waals surface area contributed by atoms with E-state index in [-0.39, 0.29) is 0 Å². The Labute approximate surface area is 153 Å². The van der Waals surface area contributed by atoms with Crippen LogP contribution in [0.4, 0.5) is 0 Å². The number of hydrogen-bond donors (Lipinski definition) is 0. The van der Waals surface area contributed by atoms with Crippen LogP contribution in [-0.2, 0) is 0 Å². The molecule has 3 nitrogen and oxygen atoms in total. The van der Waals surface area contributed by atoms with Crippen LogP contribution in [0, 0.1) is 0 Å². The lowest BCUT2D eigenvalue weighted by Gasteiger charge is -2.12. The van der Waals surface area contributed by atoms with Crippen molar-refractivity contribution < 1.29 is 0 Å². The largest absolute Gasteiger partial charge is 0.309 e. The molecule has 0 saturated carbocycles. The van der Waals surface area contributed by atoms with E-state index in [1.165, 1.54) is 16.5 Å². The van der Waals surface area contributed by atoms with E-state index in [0.29, 0.717) is 0 Å². The van der Waals surface area contributed by atoms with E-state index in [1.54, 1.807) is 0 Å². The van der Waals surface area contributed by atoms with E-state index in [9.17, 15) is 0 Å². The lowest BCUT2D eigenvalue weighted by molar-refractivity contribution is 0.440. The van der Waals surface area contributed by atoms with Crippen molar-refractivity contribution in [3.05, 3.63) is 90.5 Å². The maximum Gasteiger partial charge on any atom is 0.0629 e. The molecule has 1 aromatic heterocycles. The average Bonchev–Trinajstić information content (AvgIpc) is 3.02. The van der Waals surface area contributed by atoms with Crippen LogP contribution in [0.15, 0.2) is 90.0 Å². The predicted octanol–water partition coefficient (Wildman–Crippen LogP) is 5.19. The molecule has 0 bridgehead atoms. The van der Waals surface area contributed by atoms with Gasteiger partial charge in [0.15, 0.2) is 0 Å². The SMILES string of the molecule is CN(C)/N=C/c1c(-c2ccccc2)n(-c2ccccc2)c2ccccc12. The number of fused-ring (bicyclic) bond motifs is 1. The molecule has 0 aliphatic carbocycles. The van der Waals surface area contributed by atoms with Crippen molar-refractivity contribution in [3.63, 3.8) is 0 Å².